The average Bonchev–Trinajstić information content (AvgIpc) is 2.76. The summed E-state index contributed by atoms with van der Waals surface area (Å²) in [5, 5.41) is 11.9. The second-order valence-corrected chi connectivity index (χ2v) is 9.83. The fourth-order valence-electron chi connectivity index (χ4n) is 3.82. The minimum absolute atomic E-state index is 0. The number of para-hydroxylation sites is 2. The standard InChI is InChI=1S/C26H38O5S.Na/c1-2-3-4-5-6-7-8-9-10-11-12-13-16-22-19-20-25(26(21-22)32(28,29)30)31-24-18-15-14-17-23(24)27;/h14-15,17-21,27H,2-13,16H2,1H3,(H,28,29,30);/q;+1/p-1. The van der Waals surface area contributed by atoms with Crippen molar-refractivity contribution < 1.29 is 52.4 Å². The molecule has 0 spiro atoms. The van der Waals surface area contributed by atoms with E-state index in [1.165, 1.54) is 88.5 Å². The summed E-state index contributed by atoms with van der Waals surface area (Å²) in [7, 11) is -4.47. The molecule has 0 unspecified atom stereocenters. The van der Waals surface area contributed by atoms with Crippen LogP contribution in [0.1, 0.15) is 89.5 Å². The molecular formula is C26H37NaO5S. The third-order valence-electron chi connectivity index (χ3n) is 5.67. The van der Waals surface area contributed by atoms with Gasteiger partial charge in [-0.2, -0.15) is 8.42 Å². The normalized spacial score (nSPS) is 11.2. The number of hydrogen-bond donors (Lipinski definition) is 1. The van der Waals surface area contributed by atoms with Crippen LogP contribution in [0.5, 0.6) is 17.2 Å². The Balaban J connectivity index is 0.00000544. The summed E-state index contributed by atoms with van der Waals surface area (Å²) < 4.78 is 38.8. The van der Waals surface area contributed by atoms with Gasteiger partial charge in [-0.25, -0.2) is 0 Å². The van der Waals surface area contributed by atoms with Crippen molar-refractivity contribution in [3.8, 4) is 17.2 Å². The Morgan fingerprint density at radius 2 is 1.33 bits per heavy atom. The van der Waals surface area contributed by atoms with Crippen LogP contribution in [-0.4, -0.2) is 13.0 Å². The maximum atomic E-state index is 11.9. The predicted octanol–water partition coefficient (Wildman–Crippen LogP) is 4.05. The van der Waals surface area contributed by atoms with E-state index in [2.05, 4.69) is 6.92 Å². The second-order valence-electron chi connectivity index (χ2n) is 8.44. The molecule has 0 aliphatic heterocycles. The maximum Gasteiger partial charge on any atom is 1.00 e. The van der Waals surface area contributed by atoms with Gasteiger partial charge >= 0.3 is 29.6 Å². The summed E-state index contributed by atoms with van der Waals surface area (Å²) in [4.78, 5) is -0.308. The third kappa shape index (κ3) is 11.8. The van der Waals surface area contributed by atoms with E-state index in [4.69, 9.17) is 4.74 Å². The molecule has 178 valence electrons. The van der Waals surface area contributed by atoms with Crippen LogP contribution in [0, 0.1) is 0 Å². The van der Waals surface area contributed by atoms with Gasteiger partial charge in [0.05, 0.1) is 0 Å². The Labute approximate surface area is 222 Å². The van der Waals surface area contributed by atoms with Gasteiger partial charge in [0.15, 0.2) is 0 Å². The van der Waals surface area contributed by atoms with E-state index in [0.717, 1.165) is 24.8 Å². The van der Waals surface area contributed by atoms with E-state index < -0.39 is 10.1 Å². The molecule has 0 fully saturated rings. The molecule has 1 N–H and O–H groups in total. The average molecular weight is 485 g/mol. The van der Waals surface area contributed by atoms with Crippen molar-refractivity contribution in [1.29, 1.82) is 0 Å². The molecule has 0 radical (unpaired) electrons. The zero-order valence-electron chi connectivity index (χ0n) is 20.2. The topological polar surface area (TPSA) is 86.7 Å². The van der Waals surface area contributed by atoms with Gasteiger partial charge in [0.25, 0.3) is 10.1 Å². The molecule has 7 heteroatoms. The predicted molar refractivity (Wildman–Crippen MR) is 127 cm³/mol. The molecule has 0 saturated carbocycles. The summed E-state index contributed by atoms with van der Waals surface area (Å²) in [5.41, 5.74) is 0.826. The SMILES string of the molecule is CCCCCCCCCCCCCCc1ccc(Oc2ccccc2[O-])c(S(=O)(=O)O)c1.[Na+]. The fraction of sp³-hybridized carbons (Fsp3) is 0.538. The van der Waals surface area contributed by atoms with Gasteiger partial charge in [0.2, 0.25) is 0 Å². The first-order valence-electron chi connectivity index (χ1n) is 12.0. The van der Waals surface area contributed by atoms with Gasteiger partial charge in [-0.1, -0.05) is 108 Å². The van der Waals surface area contributed by atoms with Gasteiger partial charge in [-0.3, -0.25) is 4.55 Å². The molecule has 0 bridgehead atoms. The first kappa shape index (κ1) is 30.0. The Morgan fingerprint density at radius 1 is 0.788 bits per heavy atom. The van der Waals surface area contributed by atoms with Crippen LogP contribution >= 0.6 is 0 Å². The molecule has 2 rings (SSSR count). The number of hydrogen-bond acceptors (Lipinski definition) is 4. The molecular weight excluding hydrogens is 447 g/mol. The van der Waals surface area contributed by atoms with Crippen LogP contribution in [-0.2, 0) is 16.5 Å². The number of aryl methyl sites for hydroxylation is 1. The minimum Gasteiger partial charge on any atom is -0.870 e. The van der Waals surface area contributed by atoms with E-state index in [1.54, 1.807) is 18.2 Å². The zero-order chi connectivity index (χ0) is 23.2. The van der Waals surface area contributed by atoms with Gasteiger partial charge in [0, 0.05) is 0 Å². The molecule has 0 atom stereocenters. The van der Waals surface area contributed by atoms with E-state index in [-0.39, 0.29) is 51.7 Å². The van der Waals surface area contributed by atoms with Crippen molar-refractivity contribution in [2.24, 2.45) is 0 Å². The van der Waals surface area contributed by atoms with Crippen LogP contribution in [0.25, 0.3) is 0 Å². The van der Waals surface area contributed by atoms with Crippen molar-refractivity contribution >= 4 is 10.1 Å². The Morgan fingerprint density at radius 3 is 1.88 bits per heavy atom. The maximum absolute atomic E-state index is 11.9. The molecule has 0 heterocycles. The van der Waals surface area contributed by atoms with Crippen LogP contribution in [0.3, 0.4) is 0 Å². The van der Waals surface area contributed by atoms with Crippen molar-refractivity contribution in [1.82, 2.24) is 0 Å². The van der Waals surface area contributed by atoms with Crippen molar-refractivity contribution in [3.63, 3.8) is 0 Å². The van der Waals surface area contributed by atoms with Gasteiger partial charge in [-0.15, -0.1) is 0 Å². The van der Waals surface area contributed by atoms with E-state index in [9.17, 15) is 18.1 Å². The molecule has 0 amide bonds. The van der Waals surface area contributed by atoms with Crippen molar-refractivity contribution in [2.75, 3.05) is 0 Å². The van der Waals surface area contributed by atoms with Crippen molar-refractivity contribution in [2.45, 2.75) is 95.3 Å². The summed E-state index contributed by atoms with van der Waals surface area (Å²) in [6, 6.07) is 10.8. The van der Waals surface area contributed by atoms with Crippen LogP contribution in [0.2, 0.25) is 0 Å². The molecule has 0 aromatic heterocycles. The Kier molecular flexibility index (Phi) is 15.0. The molecule has 0 saturated heterocycles. The monoisotopic (exact) mass is 484 g/mol. The minimum atomic E-state index is -4.47. The third-order valence-corrected chi connectivity index (χ3v) is 6.55. The van der Waals surface area contributed by atoms with Crippen LogP contribution in [0.15, 0.2) is 47.4 Å². The number of unbranched alkanes of at least 4 members (excludes halogenated alkanes) is 11. The zero-order valence-corrected chi connectivity index (χ0v) is 23.0. The van der Waals surface area contributed by atoms with Crippen molar-refractivity contribution in [3.05, 3.63) is 48.0 Å². The molecule has 0 aliphatic carbocycles. The summed E-state index contributed by atoms with van der Waals surface area (Å²) in [5.74, 6) is -0.380. The second kappa shape index (κ2) is 16.6. The van der Waals surface area contributed by atoms with Gasteiger partial charge in [0.1, 0.15) is 16.4 Å². The number of benzene rings is 2. The van der Waals surface area contributed by atoms with E-state index in [0.29, 0.717) is 0 Å². The molecule has 0 aliphatic rings. The quantitative estimate of drug-likeness (QED) is 0.221. The number of rotatable bonds is 16. The summed E-state index contributed by atoms with van der Waals surface area (Å²) >= 11 is 0. The van der Waals surface area contributed by atoms with Gasteiger partial charge in [-0.05, 0) is 36.6 Å². The molecule has 2 aromatic rings. The van der Waals surface area contributed by atoms with Crippen LogP contribution < -0.4 is 39.4 Å². The summed E-state index contributed by atoms with van der Waals surface area (Å²) in [6.07, 6.45) is 15.9. The van der Waals surface area contributed by atoms with Crippen LogP contribution in [0.4, 0.5) is 0 Å². The first-order valence-corrected chi connectivity index (χ1v) is 13.4. The first-order chi connectivity index (χ1) is 15.4. The number of ether oxygens (including phenoxy) is 1. The molecule has 2 aromatic carbocycles. The largest absolute Gasteiger partial charge is 1.00 e. The summed E-state index contributed by atoms with van der Waals surface area (Å²) in [6.45, 7) is 2.24. The Bertz CT molecular complexity index is 915. The fourth-order valence-corrected chi connectivity index (χ4v) is 4.48. The molecule has 33 heavy (non-hydrogen) atoms. The van der Waals surface area contributed by atoms with E-state index >= 15 is 0 Å². The smallest absolute Gasteiger partial charge is 0.870 e. The van der Waals surface area contributed by atoms with Gasteiger partial charge < -0.3 is 9.84 Å². The Hall–Kier alpha value is -1.05. The molecule has 5 nitrogen and oxygen atoms in total. The van der Waals surface area contributed by atoms with E-state index in [1.807, 2.05) is 0 Å².